The van der Waals surface area contributed by atoms with E-state index in [1.165, 1.54) is 5.57 Å². The van der Waals surface area contributed by atoms with Crippen LogP contribution in [0.25, 0.3) is 0 Å². The maximum absolute atomic E-state index is 5.42. The van der Waals surface area contributed by atoms with Gasteiger partial charge in [-0.25, -0.2) is 5.43 Å². The van der Waals surface area contributed by atoms with Crippen molar-refractivity contribution in [2.45, 2.75) is 19.9 Å². The molecule has 1 aromatic heterocycles. The number of hydrogen-bond acceptors (Lipinski definition) is 3. The highest BCUT2D eigenvalue weighted by Crippen LogP contribution is 2.25. The average molecular weight is 245 g/mol. The summed E-state index contributed by atoms with van der Waals surface area (Å²) >= 11 is 3.31. The van der Waals surface area contributed by atoms with Gasteiger partial charge in [0.05, 0.1) is 12.3 Å². The highest BCUT2D eigenvalue weighted by molar-refractivity contribution is 9.10. The van der Waals surface area contributed by atoms with Crippen molar-refractivity contribution in [2.24, 2.45) is 5.84 Å². The van der Waals surface area contributed by atoms with Crippen molar-refractivity contribution in [1.82, 2.24) is 5.43 Å². The number of hydrogen-bond donors (Lipinski definition) is 2. The zero-order chi connectivity index (χ0) is 9.84. The Balaban J connectivity index is 2.91. The molecule has 0 aliphatic rings. The minimum atomic E-state index is -0.00174. The Kier molecular flexibility index (Phi) is 3.71. The molecule has 3 N–H and O–H groups in total. The van der Waals surface area contributed by atoms with Gasteiger partial charge in [0.2, 0.25) is 0 Å². The fourth-order valence-corrected chi connectivity index (χ4v) is 1.57. The van der Waals surface area contributed by atoms with Gasteiger partial charge in [0.1, 0.15) is 0 Å². The minimum absolute atomic E-state index is 0.00174. The topological polar surface area (TPSA) is 51.2 Å². The van der Waals surface area contributed by atoms with E-state index >= 15 is 0 Å². The van der Waals surface area contributed by atoms with Crippen LogP contribution in [-0.4, -0.2) is 0 Å². The van der Waals surface area contributed by atoms with Gasteiger partial charge in [-0.1, -0.05) is 11.6 Å². The molecule has 3 nitrogen and oxygen atoms in total. The number of halogens is 1. The molecule has 1 rings (SSSR count). The Bertz CT molecular complexity index is 302. The average Bonchev–Trinajstić information content (AvgIpc) is 2.47. The maximum atomic E-state index is 5.42. The van der Waals surface area contributed by atoms with Crippen molar-refractivity contribution in [3.05, 3.63) is 34.2 Å². The van der Waals surface area contributed by atoms with Crippen LogP contribution in [0.5, 0.6) is 0 Å². The third-order valence-corrected chi connectivity index (χ3v) is 2.31. The zero-order valence-electron chi connectivity index (χ0n) is 7.67. The predicted octanol–water partition coefficient (Wildman–Crippen LogP) is 2.51. The molecule has 72 valence electrons. The molecule has 0 fully saturated rings. The second-order valence-corrected chi connectivity index (χ2v) is 3.76. The van der Waals surface area contributed by atoms with Crippen LogP contribution in [0.3, 0.4) is 0 Å². The quantitative estimate of drug-likeness (QED) is 0.488. The molecule has 1 unspecified atom stereocenters. The molecule has 0 aliphatic carbocycles. The van der Waals surface area contributed by atoms with E-state index in [4.69, 9.17) is 10.3 Å². The van der Waals surface area contributed by atoms with Crippen LogP contribution in [0.4, 0.5) is 0 Å². The van der Waals surface area contributed by atoms with Gasteiger partial charge in [-0.15, -0.1) is 0 Å². The fourth-order valence-electron chi connectivity index (χ4n) is 1.09. The number of nitrogens with one attached hydrogen (secondary N) is 1. The third kappa shape index (κ3) is 2.69. The second kappa shape index (κ2) is 4.60. The lowest BCUT2D eigenvalue weighted by atomic mass is 10.1. The van der Waals surface area contributed by atoms with Crippen LogP contribution in [0.1, 0.15) is 25.5 Å². The van der Waals surface area contributed by atoms with Gasteiger partial charge in [0.15, 0.2) is 4.67 Å². The van der Waals surface area contributed by atoms with Crippen LogP contribution < -0.4 is 11.3 Å². The van der Waals surface area contributed by atoms with Crippen LogP contribution in [-0.2, 0) is 0 Å². The number of furan rings is 1. The molecule has 0 amide bonds. The summed E-state index contributed by atoms with van der Waals surface area (Å²) in [5.41, 5.74) is 4.92. The summed E-state index contributed by atoms with van der Waals surface area (Å²) in [5.74, 6) is 5.42. The van der Waals surface area contributed by atoms with E-state index in [9.17, 15) is 0 Å². The molecule has 4 heteroatoms. The molecule has 0 aliphatic heterocycles. The molecule has 0 aromatic carbocycles. The highest BCUT2D eigenvalue weighted by Gasteiger charge is 2.12. The number of allylic oxidation sites excluding steroid dienone is 1. The molecule has 1 heterocycles. The zero-order valence-corrected chi connectivity index (χ0v) is 9.26. The molecule has 0 radical (unpaired) electrons. The summed E-state index contributed by atoms with van der Waals surface area (Å²) in [4.78, 5) is 0. The molecular formula is C9H13BrN2O. The van der Waals surface area contributed by atoms with Crippen LogP contribution >= 0.6 is 15.9 Å². The fraction of sp³-hybridized carbons (Fsp3) is 0.333. The van der Waals surface area contributed by atoms with Gasteiger partial charge < -0.3 is 4.42 Å². The summed E-state index contributed by atoms with van der Waals surface area (Å²) < 4.78 is 5.84. The van der Waals surface area contributed by atoms with Gasteiger partial charge in [-0.3, -0.25) is 5.84 Å². The summed E-state index contributed by atoms with van der Waals surface area (Å²) in [5, 5.41) is 0. The third-order valence-electron chi connectivity index (χ3n) is 1.66. The first kappa shape index (κ1) is 10.5. The van der Waals surface area contributed by atoms with E-state index in [0.717, 1.165) is 5.56 Å². The van der Waals surface area contributed by atoms with E-state index in [-0.39, 0.29) is 6.04 Å². The molecule has 0 spiro atoms. The van der Waals surface area contributed by atoms with E-state index in [1.54, 1.807) is 6.26 Å². The van der Waals surface area contributed by atoms with E-state index in [0.29, 0.717) is 4.67 Å². The van der Waals surface area contributed by atoms with Crippen LogP contribution in [0, 0.1) is 0 Å². The maximum Gasteiger partial charge on any atom is 0.174 e. The smallest absolute Gasteiger partial charge is 0.174 e. The molecular weight excluding hydrogens is 232 g/mol. The van der Waals surface area contributed by atoms with Crippen molar-refractivity contribution in [3.8, 4) is 0 Å². The largest absolute Gasteiger partial charge is 0.457 e. The summed E-state index contributed by atoms with van der Waals surface area (Å²) in [6, 6.07) is 1.88. The lowest BCUT2D eigenvalue weighted by Gasteiger charge is -2.10. The van der Waals surface area contributed by atoms with E-state index < -0.39 is 0 Å². The van der Waals surface area contributed by atoms with Gasteiger partial charge in [-0.2, -0.15) is 0 Å². The Morgan fingerprint density at radius 2 is 2.38 bits per heavy atom. The van der Waals surface area contributed by atoms with Crippen molar-refractivity contribution >= 4 is 15.9 Å². The Morgan fingerprint density at radius 1 is 1.69 bits per heavy atom. The standard InChI is InChI=1S/C9H13BrN2O/c1-6(2)5-8(12-11)7-3-4-13-9(7)10/h3-5,8,12H,11H2,1-2H3. The summed E-state index contributed by atoms with van der Waals surface area (Å²) in [6.07, 6.45) is 3.66. The van der Waals surface area contributed by atoms with Crippen molar-refractivity contribution in [3.63, 3.8) is 0 Å². The number of nitrogens with two attached hydrogens (primary N) is 1. The summed E-state index contributed by atoms with van der Waals surface area (Å²) in [7, 11) is 0. The predicted molar refractivity (Wildman–Crippen MR) is 55.9 cm³/mol. The Morgan fingerprint density at radius 3 is 2.77 bits per heavy atom. The first-order chi connectivity index (χ1) is 6.15. The minimum Gasteiger partial charge on any atom is -0.457 e. The molecule has 1 aromatic rings. The van der Waals surface area contributed by atoms with Crippen molar-refractivity contribution in [2.75, 3.05) is 0 Å². The van der Waals surface area contributed by atoms with Crippen LogP contribution in [0.2, 0.25) is 0 Å². The Labute approximate surface area is 86.1 Å². The van der Waals surface area contributed by atoms with Crippen molar-refractivity contribution in [1.29, 1.82) is 0 Å². The van der Waals surface area contributed by atoms with Crippen molar-refractivity contribution < 1.29 is 4.42 Å². The monoisotopic (exact) mass is 244 g/mol. The normalized spacial score (nSPS) is 12.6. The van der Waals surface area contributed by atoms with Gasteiger partial charge in [0, 0.05) is 5.56 Å². The highest BCUT2D eigenvalue weighted by atomic mass is 79.9. The van der Waals surface area contributed by atoms with Gasteiger partial charge in [-0.05, 0) is 35.8 Å². The van der Waals surface area contributed by atoms with E-state index in [2.05, 4.69) is 21.4 Å². The molecule has 0 saturated carbocycles. The second-order valence-electron chi connectivity index (χ2n) is 3.04. The molecule has 13 heavy (non-hydrogen) atoms. The van der Waals surface area contributed by atoms with Gasteiger partial charge in [0.25, 0.3) is 0 Å². The first-order valence-corrected chi connectivity index (χ1v) is 4.78. The number of rotatable bonds is 3. The lowest BCUT2D eigenvalue weighted by molar-refractivity contribution is 0.528. The molecule has 1 atom stereocenters. The molecule has 0 bridgehead atoms. The van der Waals surface area contributed by atoms with E-state index in [1.807, 2.05) is 26.0 Å². The molecule has 0 saturated heterocycles. The van der Waals surface area contributed by atoms with Gasteiger partial charge >= 0.3 is 0 Å². The van der Waals surface area contributed by atoms with Crippen LogP contribution in [0.15, 0.2) is 33.1 Å². The Hall–Kier alpha value is -0.580. The summed E-state index contributed by atoms with van der Waals surface area (Å²) in [6.45, 7) is 4.05. The first-order valence-electron chi connectivity index (χ1n) is 3.99. The number of hydrazine groups is 1. The SMILES string of the molecule is CC(C)=CC(NN)c1ccoc1Br. The lowest BCUT2D eigenvalue weighted by Crippen LogP contribution is -2.26.